The van der Waals surface area contributed by atoms with Gasteiger partial charge in [0.05, 0.1) is 0 Å². The summed E-state index contributed by atoms with van der Waals surface area (Å²) in [6.45, 7) is 9.19. The van der Waals surface area contributed by atoms with E-state index in [1.165, 1.54) is 38.5 Å². The van der Waals surface area contributed by atoms with Gasteiger partial charge in [0.15, 0.2) is 5.92 Å². The molecule has 5 heteroatoms. The maximum Gasteiger partial charge on any atom is 0.324 e. The number of hydrogen-bond donors (Lipinski definition) is 0. The monoisotopic (exact) mass is 432 g/mol. The van der Waals surface area contributed by atoms with Gasteiger partial charge in [-0.25, -0.2) is 0 Å². The van der Waals surface area contributed by atoms with E-state index in [-0.39, 0.29) is 5.92 Å². The highest BCUT2D eigenvalue weighted by Crippen LogP contribution is 2.36. The fourth-order valence-corrected chi connectivity index (χ4v) is 4.79. The number of hydrogen-bond acceptors (Lipinski definition) is 5. The van der Waals surface area contributed by atoms with Crippen LogP contribution in [0, 0.1) is 5.92 Å². The lowest BCUT2D eigenvalue weighted by Crippen LogP contribution is -2.48. The van der Waals surface area contributed by atoms with E-state index in [9.17, 15) is 9.59 Å². The van der Waals surface area contributed by atoms with Crippen LogP contribution in [-0.2, 0) is 19.1 Å². The summed E-state index contributed by atoms with van der Waals surface area (Å²) >= 11 is 1.89. The van der Waals surface area contributed by atoms with Crippen molar-refractivity contribution in [2.24, 2.45) is 5.92 Å². The number of ether oxygens (including phenoxy) is 2. The van der Waals surface area contributed by atoms with Crippen molar-refractivity contribution in [2.75, 3.05) is 11.5 Å². The second-order valence-electron chi connectivity index (χ2n) is 8.37. The van der Waals surface area contributed by atoms with Crippen molar-refractivity contribution in [1.82, 2.24) is 0 Å². The fourth-order valence-electron chi connectivity index (χ4n) is 3.76. The van der Waals surface area contributed by atoms with E-state index in [0.717, 1.165) is 29.1 Å². The molecular weight excluding hydrogens is 396 g/mol. The first-order valence-corrected chi connectivity index (χ1v) is 12.3. The Morgan fingerprint density at radius 2 is 1.60 bits per heavy atom. The number of rotatable bonds is 13. The smallest absolute Gasteiger partial charge is 0.324 e. The third-order valence-electron chi connectivity index (χ3n) is 5.42. The first-order chi connectivity index (χ1) is 14.4. The van der Waals surface area contributed by atoms with E-state index in [1.54, 1.807) is 19.9 Å². The van der Waals surface area contributed by atoms with Gasteiger partial charge < -0.3 is 9.47 Å². The maximum atomic E-state index is 12.7. The maximum absolute atomic E-state index is 12.7. The van der Waals surface area contributed by atoms with Crippen molar-refractivity contribution in [3.05, 3.63) is 42.0 Å². The van der Waals surface area contributed by atoms with E-state index < -0.39 is 23.6 Å². The second-order valence-corrected chi connectivity index (χ2v) is 9.59. The lowest BCUT2D eigenvalue weighted by Gasteiger charge is -2.36. The molecule has 1 fully saturated rings. The Kier molecular flexibility index (Phi) is 9.96. The van der Waals surface area contributed by atoms with Gasteiger partial charge in [0, 0.05) is 19.8 Å². The van der Waals surface area contributed by atoms with Gasteiger partial charge in [-0.15, -0.1) is 0 Å². The third-order valence-corrected chi connectivity index (χ3v) is 6.52. The van der Waals surface area contributed by atoms with Crippen LogP contribution in [-0.4, -0.2) is 29.2 Å². The number of thioether (sulfide) groups is 1. The minimum atomic E-state index is -1.20. The van der Waals surface area contributed by atoms with Crippen LogP contribution in [0.5, 0.6) is 0 Å². The lowest BCUT2D eigenvalue weighted by molar-refractivity contribution is -0.241. The van der Waals surface area contributed by atoms with Gasteiger partial charge in [0.1, 0.15) is 0 Å². The van der Waals surface area contributed by atoms with Crippen molar-refractivity contribution in [2.45, 2.75) is 77.4 Å². The Balaban J connectivity index is 1.97. The molecule has 1 aliphatic rings. The van der Waals surface area contributed by atoms with Crippen LogP contribution in [0.3, 0.4) is 0 Å². The minimum Gasteiger partial charge on any atom is -0.422 e. The van der Waals surface area contributed by atoms with Gasteiger partial charge >= 0.3 is 11.9 Å². The number of unbranched alkanes of at least 4 members (excludes halogenated alkanes) is 5. The Labute approximate surface area is 185 Å². The van der Waals surface area contributed by atoms with E-state index in [2.05, 4.69) is 13.5 Å². The summed E-state index contributed by atoms with van der Waals surface area (Å²) in [5.74, 6) is -1.34. The van der Waals surface area contributed by atoms with E-state index in [0.29, 0.717) is 0 Å². The van der Waals surface area contributed by atoms with Crippen molar-refractivity contribution >= 4 is 29.8 Å². The molecule has 166 valence electrons. The molecule has 0 spiro atoms. The number of benzene rings is 1. The van der Waals surface area contributed by atoms with Crippen LogP contribution < -0.4 is 0 Å². The Morgan fingerprint density at radius 1 is 1.00 bits per heavy atom. The molecule has 0 N–H and O–H groups in total. The quantitative estimate of drug-likeness (QED) is 0.206. The molecule has 1 atom stereocenters. The molecule has 1 aliphatic heterocycles. The highest BCUT2D eigenvalue weighted by molar-refractivity contribution is 7.99. The molecule has 1 aromatic rings. The van der Waals surface area contributed by atoms with Gasteiger partial charge in [0.2, 0.25) is 0 Å². The highest BCUT2D eigenvalue weighted by atomic mass is 32.2. The summed E-state index contributed by atoms with van der Waals surface area (Å²) in [7, 11) is 0. The summed E-state index contributed by atoms with van der Waals surface area (Å²) in [5.41, 5.74) is 1.96. The number of carbonyl (C=O) groups excluding carboxylic acids is 2. The average molecular weight is 433 g/mol. The Morgan fingerprint density at radius 3 is 2.20 bits per heavy atom. The summed E-state index contributed by atoms with van der Waals surface area (Å²) in [4.78, 5) is 25.3. The molecule has 4 nitrogen and oxygen atoms in total. The van der Waals surface area contributed by atoms with Crippen LogP contribution in [0.1, 0.15) is 82.8 Å². The van der Waals surface area contributed by atoms with Crippen LogP contribution in [0.2, 0.25) is 0 Å². The van der Waals surface area contributed by atoms with Crippen LogP contribution >= 0.6 is 11.8 Å². The largest absolute Gasteiger partial charge is 0.422 e. The van der Waals surface area contributed by atoms with Crippen molar-refractivity contribution in [3.63, 3.8) is 0 Å². The summed E-state index contributed by atoms with van der Waals surface area (Å²) in [6, 6.07) is 7.87. The molecule has 0 radical (unpaired) electrons. The van der Waals surface area contributed by atoms with Crippen molar-refractivity contribution < 1.29 is 19.1 Å². The molecule has 0 aliphatic carbocycles. The molecule has 1 heterocycles. The standard InChI is InChI=1S/C25H36O4S/c1-5-7-8-9-10-11-17-30-18-16-21(20-14-12-19(6-2)13-15-20)22-23(26)28-25(3,4)29-24(22)27/h6,12-15,21-22H,2,5,7-11,16-18H2,1,3-4H3. The topological polar surface area (TPSA) is 52.6 Å². The van der Waals surface area contributed by atoms with Crippen LogP contribution in [0.15, 0.2) is 30.8 Å². The number of carbonyl (C=O) groups is 2. The zero-order valence-corrected chi connectivity index (χ0v) is 19.5. The van der Waals surface area contributed by atoms with Gasteiger partial charge in [-0.05, 0) is 35.5 Å². The Bertz CT molecular complexity index is 676. The molecule has 1 aromatic carbocycles. The molecule has 30 heavy (non-hydrogen) atoms. The predicted molar refractivity (Wildman–Crippen MR) is 124 cm³/mol. The molecule has 0 bridgehead atoms. The second kappa shape index (κ2) is 12.2. The normalized spacial score (nSPS) is 17.3. The SMILES string of the molecule is C=Cc1ccc(C(CCSCCCCCCCC)C2C(=O)OC(C)(C)OC2=O)cc1. The number of esters is 2. The average Bonchev–Trinajstić information content (AvgIpc) is 2.70. The highest BCUT2D eigenvalue weighted by Gasteiger charge is 2.47. The predicted octanol–water partition coefficient (Wildman–Crippen LogP) is 6.35. The van der Waals surface area contributed by atoms with Gasteiger partial charge in [0.25, 0.3) is 5.79 Å². The Hall–Kier alpha value is -1.75. The third kappa shape index (κ3) is 7.50. The summed E-state index contributed by atoms with van der Waals surface area (Å²) < 4.78 is 10.8. The first-order valence-electron chi connectivity index (χ1n) is 11.1. The summed E-state index contributed by atoms with van der Waals surface area (Å²) in [5, 5.41) is 0. The van der Waals surface area contributed by atoms with E-state index in [1.807, 2.05) is 36.0 Å². The molecule has 0 saturated carbocycles. The molecule has 1 unspecified atom stereocenters. The van der Waals surface area contributed by atoms with Gasteiger partial charge in [-0.1, -0.05) is 75.9 Å². The van der Waals surface area contributed by atoms with Gasteiger partial charge in [-0.3, -0.25) is 9.59 Å². The number of cyclic esters (lactones) is 2. The summed E-state index contributed by atoms with van der Waals surface area (Å²) in [6.07, 6.45) is 10.2. The zero-order chi connectivity index (χ0) is 22.0. The lowest BCUT2D eigenvalue weighted by atomic mass is 9.83. The van der Waals surface area contributed by atoms with Crippen molar-refractivity contribution in [3.8, 4) is 0 Å². The van der Waals surface area contributed by atoms with Gasteiger partial charge in [-0.2, -0.15) is 11.8 Å². The zero-order valence-electron chi connectivity index (χ0n) is 18.7. The van der Waals surface area contributed by atoms with Crippen molar-refractivity contribution in [1.29, 1.82) is 0 Å². The molecular formula is C25H36O4S. The molecule has 1 saturated heterocycles. The minimum absolute atomic E-state index is 0.253. The molecule has 0 aromatic heterocycles. The first kappa shape index (κ1) is 24.5. The fraction of sp³-hybridized carbons (Fsp3) is 0.600. The van der Waals surface area contributed by atoms with E-state index >= 15 is 0 Å². The van der Waals surface area contributed by atoms with Crippen LogP contribution in [0.25, 0.3) is 6.08 Å². The molecule has 2 rings (SSSR count). The van der Waals surface area contributed by atoms with Crippen LogP contribution in [0.4, 0.5) is 0 Å². The van der Waals surface area contributed by atoms with E-state index in [4.69, 9.17) is 9.47 Å². The molecule has 0 amide bonds.